The molecule has 0 aliphatic heterocycles. The first-order valence-electron chi connectivity index (χ1n) is 2.79. The van der Waals surface area contributed by atoms with Gasteiger partial charge in [-0.15, -0.1) is 0 Å². The van der Waals surface area contributed by atoms with Crippen molar-refractivity contribution in [1.82, 2.24) is 4.90 Å². The van der Waals surface area contributed by atoms with Crippen molar-refractivity contribution < 1.29 is 5.11 Å². The number of likely N-dealkylation sites (N-methyl/N-ethyl adjacent to an activating group) is 1. The van der Waals surface area contributed by atoms with E-state index in [1.54, 1.807) is 6.92 Å². The van der Waals surface area contributed by atoms with E-state index in [0.29, 0.717) is 0 Å². The first-order valence-corrected chi connectivity index (χ1v) is 2.79. The van der Waals surface area contributed by atoms with Crippen LogP contribution in [-0.4, -0.2) is 36.8 Å². The van der Waals surface area contributed by atoms with Crippen molar-refractivity contribution in [3.8, 4) is 0 Å². The molecule has 0 aromatic rings. The summed E-state index contributed by atoms with van der Waals surface area (Å²) >= 11 is 0. The lowest BCUT2D eigenvalue weighted by Gasteiger charge is -2.10. The van der Waals surface area contributed by atoms with Crippen LogP contribution in [-0.2, 0) is 0 Å². The molecule has 1 atom stereocenters. The van der Waals surface area contributed by atoms with Crippen LogP contribution >= 0.6 is 0 Å². The molecule has 0 fully saturated rings. The molecule has 0 bridgehead atoms. The third-order valence-electron chi connectivity index (χ3n) is 0.629. The predicted octanol–water partition coefficient (Wildman–Crippen LogP) is -1.25. The Bertz CT molecular complexity index is 41.5. The molecular formula is C5H17N3O. The Morgan fingerprint density at radius 3 is 1.78 bits per heavy atom. The smallest absolute Gasteiger partial charge is 0.0638 e. The minimum absolute atomic E-state index is 0.199. The van der Waals surface area contributed by atoms with Crippen molar-refractivity contribution in [3.63, 3.8) is 0 Å². The molecular weight excluding hydrogens is 118 g/mol. The molecule has 4 heteroatoms. The fraction of sp³-hybridized carbons (Fsp3) is 1.00. The van der Waals surface area contributed by atoms with Gasteiger partial charge >= 0.3 is 0 Å². The zero-order valence-corrected chi connectivity index (χ0v) is 6.33. The molecule has 9 heavy (non-hydrogen) atoms. The Kier molecular flexibility index (Phi) is 10.1. The zero-order valence-electron chi connectivity index (χ0n) is 6.33. The van der Waals surface area contributed by atoms with Gasteiger partial charge in [-0.3, -0.25) is 11.7 Å². The van der Waals surface area contributed by atoms with E-state index in [2.05, 4.69) is 11.7 Å². The fourth-order valence-electron chi connectivity index (χ4n) is 0.528. The number of hydrogen-bond acceptors (Lipinski definition) is 4. The van der Waals surface area contributed by atoms with Gasteiger partial charge in [0.1, 0.15) is 0 Å². The fourth-order valence-corrected chi connectivity index (χ4v) is 0.528. The quantitative estimate of drug-likeness (QED) is 0.326. The Labute approximate surface area is 56.4 Å². The highest BCUT2D eigenvalue weighted by Gasteiger charge is 1.93. The second-order valence-electron chi connectivity index (χ2n) is 2.11. The summed E-state index contributed by atoms with van der Waals surface area (Å²) in [5.74, 6) is 8.00. The molecule has 0 rings (SSSR count). The molecule has 4 nitrogen and oxygen atoms in total. The van der Waals surface area contributed by atoms with Gasteiger partial charge < -0.3 is 10.0 Å². The van der Waals surface area contributed by atoms with Gasteiger partial charge in [-0.05, 0) is 21.0 Å². The Balaban J connectivity index is 0. The van der Waals surface area contributed by atoms with Crippen LogP contribution in [0.5, 0.6) is 0 Å². The number of nitrogens with zero attached hydrogens (tertiary/aromatic N) is 1. The maximum Gasteiger partial charge on any atom is 0.0638 e. The molecule has 0 saturated heterocycles. The number of nitrogens with two attached hydrogens (primary N) is 2. The second-order valence-corrected chi connectivity index (χ2v) is 2.11. The number of hydrogen-bond donors (Lipinski definition) is 3. The lowest BCUT2D eigenvalue weighted by atomic mass is 10.4. The molecule has 0 amide bonds. The van der Waals surface area contributed by atoms with Crippen molar-refractivity contribution in [2.75, 3.05) is 20.6 Å². The van der Waals surface area contributed by atoms with E-state index in [1.165, 1.54) is 0 Å². The van der Waals surface area contributed by atoms with Gasteiger partial charge in [0, 0.05) is 6.54 Å². The molecule has 0 aliphatic carbocycles. The standard InChI is InChI=1S/C5H13NO.H4N2/c1-5(7)4-6(2)3;1-2/h5,7H,4H2,1-3H3;1-2H2. The summed E-state index contributed by atoms with van der Waals surface area (Å²) in [5, 5.41) is 8.68. The van der Waals surface area contributed by atoms with Crippen molar-refractivity contribution >= 4 is 0 Å². The molecule has 5 N–H and O–H groups in total. The van der Waals surface area contributed by atoms with Gasteiger partial charge in [-0.1, -0.05) is 0 Å². The molecule has 58 valence electrons. The molecule has 0 saturated carbocycles. The third-order valence-corrected chi connectivity index (χ3v) is 0.629. The van der Waals surface area contributed by atoms with Gasteiger partial charge in [-0.2, -0.15) is 0 Å². The SMILES string of the molecule is CC(O)CN(C)C.NN. The highest BCUT2D eigenvalue weighted by atomic mass is 16.3. The van der Waals surface area contributed by atoms with E-state index in [1.807, 2.05) is 19.0 Å². The van der Waals surface area contributed by atoms with E-state index in [4.69, 9.17) is 5.11 Å². The minimum atomic E-state index is -0.199. The predicted molar refractivity (Wildman–Crippen MR) is 38.6 cm³/mol. The molecule has 1 unspecified atom stereocenters. The number of rotatable bonds is 2. The van der Waals surface area contributed by atoms with Gasteiger partial charge in [0.25, 0.3) is 0 Å². The molecule has 0 radical (unpaired) electrons. The normalized spacial score (nSPS) is 12.3. The summed E-state index contributed by atoms with van der Waals surface area (Å²) in [5.41, 5.74) is 0. The molecule has 0 aromatic heterocycles. The van der Waals surface area contributed by atoms with Gasteiger partial charge in [0.2, 0.25) is 0 Å². The van der Waals surface area contributed by atoms with Gasteiger partial charge in [0.05, 0.1) is 6.10 Å². The van der Waals surface area contributed by atoms with Crippen LogP contribution in [0.15, 0.2) is 0 Å². The van der Waals surface area contributed by atoms with Crippen molar-refractivity contribution in [1.29, 1.82) is 0 Å². The Hall–Kier alpha value is -0.160. The average molecular weight is 135 g/mol. The van der Waals surface area contributed by atoms with Crippen LogP contribution in [0.4, 0.5) is 0 Å². The van der Waals surface area contributed by atoms with Gasteiger partial charge in [0.15, 0.2) is 0 Å². The lowest BCUT2D eigenvalue weighted by molar-refractivity contribution is 0.154. The van der Waals surface area contributed by atoms with Crippen LogP contribution in [0.1, 0.15) is 6.92 Å². The maximum absolute atomic E-state index is 8.68. The van der Waals surface area contributed by atoms with E-state index in [9.17, 15) is 0 Å². The number of aliphatic hydroxyl groups is 1. The van der Waals surface area contributed by atoms with E-state index < -0.39 is 0 Å². The van der Waals surface area contributed by atoms with E-state index in [-0.39, 0.29) is 6.10 Å². The summed E-state index contributed by atoms with van der Waals surface area (Å²) in [6.07, 6.45) is -0.199. The highest BCUT2D eigenvalue weighted by Crippen LogP contribution is 1.80. The minimum Gasteiger partial charge on any atom is -0.392 e. The van der Waals surface area contributed by atoms with Crippen LogP contribution in [0.2, 0.25) is 0 Å². The number of hydrazine groups is 1. The summed E-state index contributed by atoms with van der Waals surface area (Å²) in [6.45, 7) is 2.53. The second kappa shape index (κ2) is 7.84. The molecule has 0 aromatic carbocycles. The highest BCUT2D eigenvalue weighted by molar-refractivity contribution is 4.48. The first kappa shape index (κ1) is 11.6. The monoisotopic (exact) mass is 135 g/mol. The summed E-state index contributed by atoms with van der Waals surface area (Å²) in [7, 11) is 3.87. The maximum atomic E-state index is 8.68. The number of aliphatic hydroxyl groups excluding tert-OH is 1. The van der Waals surface area contributed by atoms with Crippen LogP contribution in [0.25, 0.3) is 0 Å². The van der Waals surface area contributed by atoms with Crippen LogP contribution in [0, 0.1) is 0 Å². The van der Waals surface area contributed by atoms with Crippen LogP contribution < -0.4 is 11.7 Å². The van der Waals surface area contributed by atoms with E-state index in [0.717, 1.165) is 6.54 Å². The van der Waals surface area contributed by atoms with Crippen LogP contribution in [0.3, 0.4) is 0 Å². The topological polar surface area (TPSA) is 75.5 Å². The zero-order chi connectivity index (χ0) is 7.86. The van der Waals surface area contributed by atoms with Crippen molar-refractivity contribution in [2.45, 2.75) is 13.0 Å². The summed E-state index contributed by atoms with van der Waals surface area (Å²) in [6, 6.07) is 0. The van der Waals surface area contributed by atoms with Gasteiger partial charge in [-0.25, -0.2) is 0 Å². The largest absolute Gasteiger partial charge is 0.392 e. The average Bonchev–Trinajstić information content (AvgIpc) is 1.68. The molecule has 0 spiro atoms. The third kappa shape index (κ3) is 18.1. The summed E-state index contributed by atoms with van der Waals surface area (Å²) < 4.78 is 0. The Morgan fingerprint density at radius 2 is 1.78 bits per heavy atom. The van der Waals surface area contributed by atoms with Crippen molar-refractivity contribution in [3.05, 3.63) is 0 Å². The van der Waals surface area contributed by atoms with Crippen molar-refractivity contribution in [2.24, 2.45) is 11.7 Å². The molecule has 0 heterocycles. The lowest BCUT2D eigenvalue weighted by Crippen LogP contribution is -2.22. The first-order chi connectivity index (χ1) is 4.13. The van der Waals surface area contributed by atoms with E-state index >= 15 is 0 Å². The molecule has 0 aliphatic rings. The summed E-state index contributed by atoms with van der Waals surface area (Å²) in [4.78, 5) is 1.95. The Morgan fingerprint density at radius 1 is 1.44 bits per heavy atom.